The Morgan fingerprint density at radius 3 is 2.55 bits per heavy atom. The van der Waals surface area contributed by atoms with E-state index in [4.69, 9.17) is 5.73 Å². The molecule has 1 saturated carbocycles. The van der Waals surface area contributed by atoms with Gasteiger partial charge in [0.2, 0.25) is 5.91 Å². The second kappa shape index (κ2) is 6.60. The molecule has 3 N–H and O–H groups in total. The maximum Gasteiger partial charge on any atom is 0.244 e. The molecule has 0 aliphatic heterocycles. The van der Waals surface area contributed by atoms with Crippen molar-refractivity contribution in [3.05, 3.63) is 35.9 Å². The minimum atomic E-state index is -0.0125. The molecule has 108 valence electrons. The maximum atomic E-state index is 11.9. The quantitative estimate of drug-likeness (QED) is 0.638. The SMILES string of the molecule is CCC1(CNC(=O)/C=C/c2ccc(N)cc2)CCCC1. The van der Waals surface area contributed by atoms with E-state index in [2.05, 4.69) is 12.2 Å². The van der Waals surface area contributed by atoms with E-state index in [0.717, 1.165) is 24.2 Å². The van der Waals surface area contributed by atoms with E-state index < -0.39 is 0 Å². The lowest BCUT2D eigenvalue weighted by molar-refractivity contribution is -0.116. The number of carbonyl (C=O) groups excluding carboxylic acids is 1. The van der Waals surface area contributed by atoms with Crippen LogP contribution in [-0.2, 0) is 4.79 Å². The molecule has 0 spiro atoms. The van der Waals surface area contributed by atoms with Crippen molar-refractivity contribution >= 4 is 17.7 Å². The van der Waals surface area contributed by atoms with E-state index in [0.29, 0.717) is 5.41 Å². The molecular formula is C17H24N2O. The standard InChI is InChI=1S/C17H24N2O/c1-2-17(11-3-4-12-17)13-19-16(20)10-7-14-5-8-15(18)9-6-14/h5-10H,2-4,11-13,18H2,1H3,(H,19,20)/b10-7+. The molecular weight excluding hydrogens is 248 g/mol. The van der Waals surface area contributed by atoms with Gasteiger partial charge in [-0.15, -0.1) is 0 Å². The molecule has 20 heavy (non-hydrogen) atoms. The van der Waals surface area contributed by atoms with Crippen molar-refractivity contribution < 1.29 is 4.79 Å². The van der Waals surface area contributed by atoms with Gasteiger partial charge in [-0.1, -0.05) is 31.9 Å². The molecule has 0 unspecified atom stereocenters. The van der Waals surface area contributed by atoms with Crippen LogP contribution in [0.2, 0.25) is 0 Å². The van der Waals surface area contributed by atoms with Gasteiger partial charge in [0.05, 0.1) is 0 Å². The van der Waals surface area contributed by atoms with Crippen LogP contribution in [0.25, 0.3) is 6.08 Å². The number of anilines is 1. The summed E-state index contributed by atoms with van der Waals surface area (Å²) >= 11 is 0. The van der Waals surface area contributed by atoms with Gasteiger partial charge in [0.25, 0.3) is 0 Å². The smallest absolute Gasteiger partial charge is 0.244 e. The highest BCUT2D eigenvalue weighted by atomic mass is 16.1. The molecule has 0 radical (unpaired) electrons. The number of carbonyl (C=O) groups is 1. The second-order valence-corrected chi connectivity index (χ2v) is 5.78. The van der Waals surface area contributed by atoms with Crippen LogP contribution in [0.15, 0.2) is 30.3 Å². The number of hydrogen-bond donors (Lipinski definition) is 2. The summed E-state index contributed by atoms with van der Waals surface area (Å²) in [6.07, 6.45) is 9.65. The average molecular weight is 272 g/mol. The lowest BCUT2D eigenvalue weighted by Gasteiger charge is -2.27. The third-order valence-corrected chi connectivity index (χ3v) is 4.42. The molecule has 1 fully saturated rings. The van der Waals surface area contributed by atoms with Gasteiger partial charge in [-0.2, -0.15) is 0 Å². The summed E-state index contributed by atoms with van der Waals surface area (Å²) in [5, 5.41) is 3.05. The first-order chi connectivity index (χ1) is 9.63. The first kappa shape index (κ1) is 14.6. The normalized spacial score (nSPS) is 17.4. The summed E-state index contributed by atoms with van der Waals surface area (Å²) in [6.45, 7) is 3.02. The predicted molar refractivity (Wildman–Crippen MR) is 84.1 cm³/mol. The Labute approximate surface area is 121 Å². The third kappa shape index (κ3) is 3.86. The first-order valence-electron chi connectivity index (χ1n) is 7.45. The van der Waals surface area contributed by atoms with Gasteiger partial charge < -0.3 is 11.1 Å². The fourth-order valence-corrected chi connectivity index (χ4v) is 2.89. The van der Waals surface area contributed by atoms with Crippen molar-refractivity contribution in [3.63, 3.8) is 0 Å². The van der Waals surface area contributed by atoms with Crippen molar-refractivity contribution in [1.29, 1.82) is 0 Å². The van der Waals surface area contributed by atoms with Gasteiger partial charge in [-0.05, 0) is 48.4 Å². The fourth-order valence-electron chi connectivity index (χ4n) is 2.89. The molecule has 0 aromatic heterocycles. The van der Waals surface area contributed by atoms with Crippen molar-refractivity contribution in [3.8, 4) is 0 Å². The molecule has 3 nitrogen and oxygen atoms in total. The largest absolute Gasteiger partial charge is 0.399 e. The zero-order valence-corrected chi connectivity index (χ0v) is 12.2. The van der Waals surface area contributed by atoms with Crippen LogP contribution < -0.4 is 11.1 Å². The number of nitrogen functional groups attached to an aromatic ring is 1. The average Bonchev–Trinajstić information content (AvgIpc) is 2.94. The number of nitrogens with two attached hydrogens (primary N) is 1. The lowest BCUT2D eigenvalue weighted by Crippen LogP contribution is -2.34. The van der Waals surface area contributed by atoms with E-state index in [-0.39, 0.29) is 5.91 Å². The number of amides is 1. The van der Waals surface area contributed by atoms with E-state index in [1.54, 1.807) is 6.08 Å². The molecule has 2 rings (SSSR count). The monoisotopic (exact) mass is 272 g/mol. The molecule has 0 bridgehead atoms. The van der Waals surface area contributed by atoms with Crippen molar-refractivity contribution in [2.45, 2.75) is 39.0 Å². The van der Waals surface area contributed by atoms with E-state index >= 15 is 0 Å². The molecule has 0 atom stereocenters. The molecule has 1 aliphatic rings. The second-order valence-electron chi connectivity index (χ2n) is 5.78. The maximum absolute atomic E-state index is 11.9. The van der Waals surface area contributed by atoms with Crippen LogP contribution in [0, 0.1) is 5.41 Å². The zero-order chi connectivity index (χ0) is 14.4. The molecule has 1 aliphatic carbocycles. The fraction of sp³-hybridized carbons (Fsp3) is 0.471. The summed E-state index contributed by atoms with van der Waals surface area (Å²) < 4.78 is 0. The minimum absolute atomic E-state index is 0.0125. The van der Waals surface area contributed by atoms with Crippen LogP contribution in [0.5, 0.6) is 0 Å². The molecule has 1 aromatic rings. The highest BCUT2D eigenvalue weighted by Crippen LogP contribution is 2.40. The number of hydrogen-bond acceptors (Lipinski definition) is 2. The Kier molecular flexibility index (Phi) is 4.83. The van der Waals surface area contributed by atoms with Gasteiger partial charge in [0, 0.05) is 18.3 Å². The van der Waals surface area contributed by atoms with Crippen LogP contribution in [0.3, 0.4) is 0 Å². The highest BCUT2D eigenvalue weighted by Gasteiger charge is 2.31. The van der Waals surface area contributed by atoms with Gasteiger partial charge in [-0.3, -0.25) is 4.79 Å². The van der Waals surface area contributed by atoms with Crippen LogP contribution in [-0.4, -0.2) is 12.5 Å². The molecule has 3 heteroatoms. The summed E-state index contributed by atoms with van der Waals surface area (Å²) in [5.74, 6) is -0.0125. The molecule has 0 saturated heterocycles. The molecule has 0 heterocycles. The Morgan fingerprint density at radius 1 is 1.30 bits per heavy atom. The van der Waals surface area contributed by atoms with E-state index in [1.807, 2.05) is 30.3 Å². The zero-order valence-electron chi connectivity index (χ0n) is 12.2. The lowest BCUT2D eigenvalue weighted by atomic mass is 9.83. The van der Waals surface area contributed by atoms with E-state index in [9.17, 15) is 4.79 Å². The summed E-state index contributed by atoms with van der Waals surface area (Å²) in [4.78, 5) is 11.9. The summed E-state index contributed by atoms with van der Waals surface area (Å²) in [6, 6.07) is 7.48. The van der Waals surface area contributed by atoms with Crippen LogP contribution >= 0.6 is 0 Å². The van der Waals surface area contributed by atoms with Crippen molar-refractivity contribution in [1.82, 2.24) is 5.32 Å². The van der Waals surface area contributed by atoms with Crippen molar-refractivity contribution in [2.24, 2.45) is 5.41 Å². The highest BCUT2D eigenvalue weighted by molar-refractivity contribution is 5.91. The number of benzene rings is 1. The van der Waals surface area contributed by atoms with Gasteiger partial charge in [-0.25, -0.2) is 0 Å². The predicted octanol–water partition coefficient (Wildman–Crippen LogP) is 3.37. The van der Waals surface area contributed by atoms with Gasteiger partial charge in [0.1, 0.15) is 0 Å². The van der Waals surface area contributed by atoms with E-state index in [1.165, 1.54) is 25.7 Å². The summed E-state index contributed by atoms with van der Waals surface area (Å²) in [7, 11) is 0. The molecule has 1 aromatic carbocycles. The van der Waals surface area contributed by atoms with Crippen molar-refractivity contribution in [2.75, 3.05) is 12.3 Å². The Balaban J connectivity index is 1.84. The topological polar surface area (TPSA) is 55.1 Å². The third-order valence-electron chi connectivity index (χ3n) is 4.42. The Bertz CT molecular complexity index is 470. The molecule has 1 amide bonds. The Morgan fingerprint density at radius 2 is 1.95 bits per heavy atom. The first-order valence-corrected chi connectivity index (χ1v) is 7.45. The van der Waals surface area contributed by atoms with Gasteiger partial charge in [0.15, 0.2) is 0 Å². The number of rotatable bonds is 5. The number of nitrogens with one attached hydrogen (secondary N) is 1. The van der Waals surface area contributed by atoms with Gasteiger partial charge >= 0.3 is 0 Å². The van der Waals surface area contributed by atoms with Crippen LogP contribution in [0.4, 0.5) is 5.69 Å². The summed E-state index contributed by atoms with van der Waals surface area (Å²) in [5.41, 5.74) is 7.69. The van der Waals surface area contributed by atoms with Crippen LogP contribution in [0.1, 0.15) is 44.6 Å². The minimum Gasteiger partial charge on any atom is -0.399 e. The Hall–Kier alpha value is -1.77.